The minimum atomic E-state index is -4.97. The summed E-state index contributed by atoms with van der Waals surface area (Å²) in [4.78, 5) is 13.7. The molecule has 0 unspecified atom stereocenters. The Labute approximate surface area is 141 Å². The number of nitrogens with one attached hydrogen (secondary N) is 1. The standard InChI is InChI=1S/C15H16ClF3N2O3/c16-10-5-6-11-12(9-10)24-15(23-11,14(17,18)19)20-13(22)21-7-3-1-2-4-8-21/h5-6,9H,1-4,7-8H2,(H,20,22)/t15-/m0/s1. The first-order valence-corrected chi connectivity index (χ1v) is 8.00. The number of fused-ring (bicyclic) bond motifs is 1. The molecule has 1 N–H and O–H groups in total. The molecule has 0 bridgehead atoms. The Hall–Kier alpha value is -1.83. The van der Waals surface area contributed by atoms with Crippen molar-refractivity contribution in [2.45, 2.75) is 37.8 Å². The quantitative estimate of drug-likeness (QED) is 0.822. The highest BCUT2D eigenvalue weighted by molar-refractivity contribution is 6.30. The van der Waals surface area contributed by atoms with Gasteiger partial charge in [0, 0.05) is 24.2 Å². The van der Waals surface area contributed by atoms with Gasteiger partial charge in [0.1, 0.15) is 0 Å². The summed E-state index contributed by atoms with van der Waals surface area (Å²) in [5.41, 5.74) is 0. The molecule has 0 spiro atoms. The van der Waals surface area contributed by atoms with E-state index >= 15 is 0 Å². The second-order valence-corrected chi connectivity index (χ2v) is 6.18. The summed E-state index contributed by atoms with van der Waals surface area (Å²) >= 11 is 5.76. The molecule has 0 saturated carbocycles. The third-order valence-corrected chi connectivity index (χ3v) is 4.19. The summed E-state index contributed by atoms with van der Waals surface area (Å²) in [5, 5.41) is 2.07. The molecule has 0 aromatic heterocycles. The highest BCUT2D eigenvalue weighted by Crippen LogP contribution is 2.46. The number of alkyl halides is 3. The monoisotopic (exact) mass is 364 g/mol. The number of benzene rings is 1. The van der Waals surface area contributed by atoms with Crippen LogP contribution in [-0.2, 0) is 0 Å². The molecule has 5 nitrogen and oxygen atoms in total. The minimum absolute atomic E-state index is 0.132. The first-order valence-electron chi connectivity index (χ1n) is 7.62. The predicted octanol–water partition coefficient (Wildman–Crippen LogP) is 3.91. The topological polar surface area (TPSA) is 50.8 Å². The van der Waals surface area contributed by atoms with Gasteiger partial charge in [0.25, 0.3) is 0 Å². The lowest BCUT2D eigenvalue weighted by atomic mass is 10.2. The van der Waals surface area contributed by atoms with E-state index < -0.39 is 18.1 Å². The van der Waals surface area contributed by atoms with Gasteiger partial charge in [-0.25, -0.2) is 4.79 Å². The van der Waals surface area contributed by atoms with Crippen LogP contribution < -0.4 is 14.8 Å². The van der Waals surface area contributed by atoms with E-state index in [0.29, 0.717) is 13.1 Å². The van der Waals surface area contributed by atoms with Gasteiger partial charge in [-0.2, -0.15) is 13.2 Å². The van der Waals surface area contributed by atoms with Gasteiger partial charge in [0.15, 0.2) is 11.5 Å². The Morgan fingerprint density at radius 3 is 2.38 bits per heavy atom. The second kappa shape index (κ2) is 6.23. The lowest BCUT2D eigenvalue weighted by Gasteiger charge is -2.32. The van der Waals surface area contributed by atoms with Crippen molar-refractivity contribution in [3.8, 4) is 11.5 Å². The van der Waals surface area contributed by atoms with Crippen molar-refractivity contribution < 1.29 is 27.4 Å². The maximum Gasteiger partial charge on any atom is 0.492 e. The van der Waals surface area contributed by atoms with Crippen LogP contribution in [0.2, 0.25) is 5.02 Å². The maximum atomic E-state index is 13.6. The van der Waals surface area contributed by atoms with Crippen LogP contribution in [0.3, 0.4) is 0 Å². The van der Waals surface area contributed by atoms with Crippen LogP contribution in [0.15, 0.2) is 18.2 Å². The highest BCUT2D eigenvalue weighted by Gasteiger charge is 2.66. The Balaban J connectivity index is 1.82. The van der Waals surface area contributed by atoms with Crippen LogP contribution in [0.5, 0.6) is 11.5 Å². The molecule has 0 radical (unpaired) electrons. The van der Waals surface area contributed by atoms with Crippen molar-refractivity contribution in [2.24, 2.45) is 0 Å². The lowest BCUT2D eigenvalue weighted by Crippen LogP contribution is -2.66. The van der Waals surface area contributed by atoms with Gasteiger partial charge in [0.2, 0.25) is 0 Å². The van der Waals surface area contributed by atoms with Gasteiger partial charge in [-0.1, -0.05) is 24.4 Å². The number of carbonyl (C=O) groups excluding carboxylic acids is 1. The van der Waals surface area contributed by atoms with Crippen LogP contribution in [0, 0.1) is 0 Å². The van der Waals surface area contributed by atoms with Crippen molar-refractivity contribution in [3.63, 3.8) is 0 Å². The van der Waals surface area contributed by atoms with Gasteiger partial charge in [0.05, 0.1) is 0 Å². The second-order valence-electron chi connectivity index (χ2n) is 5.74. The number of halogens is 4. The number of nitrogens with zero attached hydrogens (tertiary/aromatic N) is 1. The molecule has 2 aliphatic rings. The van der Waals surface area contributed by atoms with Crippen LogP contribution in [0.25, 0.3) is 0 Å². The smallest absolute Gasteiger partial charge is 0.424 e. The Bertz CT molecular complexity index is 633. The molecule has 132 valence electrons. The zero-order valence-electron chi connectivity index (χ0n) is 12.7. The summed E-state index contributed by atoms with van der Waals surface area (Å²) in [6.07, 6.45) is -1.57. The number of hydrogen-bond acceptors (Lipinski definition) is 3. The first-order chi connectivity index (χ1) is 11.3. The van der Waals surface area contributed by atoms with E-state index in [1.807, 2.05) is 5.32 Å². The van der Waals surface area contributed by atoms with E-state index in [-0.39, 0.29) is 16.5 Å². The van der Waals surface area contributed by atoms with E-state index in [1.165, 1.54) is 23.1 Å². The number of ether oxygens (including phenoxy) is 2. The van der Waals surface area contributed by atoms with Gasteiger partial charge in [-0.05, 0) is 25.0 Å². The molecule has 0 aliphatic carbocycles. The molecule has 2 amide bonds. The van der Waals surface area contributed by atoms with E-state index in [4.69, 9.17) is 21.1 Å². The number of carbonyl (C=O) groups is 1. The summed E-state index contributed by atoms with van der Waals surface area (Å²) in [7, 11) is 0. The summed E-state index contributed by atoms with van der Waals surface area (Å²) in [5.74, 6) is -3.55. The lowest BCUT2D eigenvalue weighted by molar-refractivity contribution is -0.318. The number of hydrogen-bond donors (Lipinski definition) is 1. The molecular weight excluding hydrogens is 349 g/mol. The van der Waals surface area contributed by atoms with Crippen molar-refractivity contribution in [1.29, 1.82) is 0 Å². The normalized spacial score (nSPS) is 23.8. The van der Waals surface area contributed by atoms with E-state index in [0.717, 1.165) is 25.7 Å². The predicted molar refractivity (Wildman–Crippen MR) is 80.1 cm³/mol. The maximum absolute atomic E-state index is 13.6. The Morgan fingerprint density at radius 1 is 1.12 bits per heavy atom. The van der Waals surface area contributed by atoms with E-state index in [9.17, 15) is 18.0 Å². The van der Waals surface area contributed by atoms with Crippen molar-refractivity contribution in [3.05, 3.63) is 23.2 Å². The van der Waals surface area contributed by atoms with Crippen molar-refractivity contribution in [2.75, 3.05) is 13.1 Å². The summed E-state index contributed by atoms with van der Waals surface area (Å²) in [6.45, 7) is 0.803. The molecule has 1 fully saturated rings. The number of urea groups is 1. The van der Waals surface area contributed by atoms with Crippen LogP contribution >= 0.6 is 11.6 Å². The summed E-state index contributed by atoms with van der Waals surface area (Å²) < 4.78 is 50.6. The van der Waals surface area contributed by atoms with Gasteiger partial charge < -0.3 is 14.4 Å². The van der Waals surface area contributed by atoms with Crippen molar-refractivity contribution >= 4 is 17.6 Å². The SMILES string of the molecule is O=C(N[C@@]1(C(F)(F)F)Oc2ccc(Cl)cc2O1)N1CCCCCC1. The third kappa shape index (κ3) is 3.19. The molecule has 1 aromatic carbocycles. The number of rotatable bonds is 1. The Kier molecular flexibility index (Phi) is 4.42. The van der Waals surface area contributed by atoms with Crippen LogP contribution in [0.1, 0.15) is 25.7 Å². The molecular formula is C15H16ClF3N2O3. The molecule has 3 rings (SSSR count). The fourth-order valence-corrected chi connectivity index (χ4v) is 2.87. The molecule has 24 heavy (non-hydrogen) atoms. The molecule has 1 atom stereocenters. The van der Waals surface area contributed by atoms with Gasteiger partial charge in [-0.15, -0.1) is 0 Å². The average molecular weight is 365 g/mol. The molecule has 2 heterocycles. The first kappa shape index (κ1) is 17.0. The minimum Gasteiger partial charge on any atom is -0.424 e. The molecule has 1 aromatic rings. The summed E-state index contributed by atoms with van der Waals surface area (Å²) in [6, 6.07) is 2.99. The fraction of sp³-hybridized carbons (Fsp3) is 0.533. The molecule has 2 aliphatic heterocycles. The largest absolute Gasteiger partial charge is 0.492 e. The van der Waals surface area contributed by atoms with Gasteiger partial charge >= 0.3 is 18.1 Å². The van der Waals surface area contributed by atoms with E-state index in [2.05, 4.69) is 0 Å². The number of likely N-dealkylation sites (tertiary alicyclic amines) is 1. The van der Waals surface area contributed by atoms with Gasteiger partial charge in [-0.3, -0.25) is 5.32 Å². The van der Waals surface area contributed by atoms with E-state index in [1.54, 1.807) is 0 Å². The van der Waals surface area contributed by atoms with Crippen LogP contribution in [-0.4, -0.2) is 36.1 Å². The third-order valence-electron chi connectivity index (χ3n) is 3.95. The fourth-order valence-electron chi connectivity index (χ4n) is 2.71. The van der Waals surface area contributed by atoms with Crippen LogP contribution in [0.4, 0.5) is 18.0 Å². The molecule has 9 heteroatoms. The zero-order valence-corrected chi connectivity index (χ0v) is 13.4. The highest BCUT2D eigenvalue weighted by atomic mass is 35.5. The Morgan fingerprint density at radius 2 is 1.75 bits per heavy atom. The average Bonchev–Trinajstić information content (AvgIpc) is 2.69. The zero-order chi connectivity index (χ0) is 17.4. The number of amides is 2. The molecule has 1 saturated heterocycles. The van der Waals surface area contributed by atoms with Crippen molar-refractivity contribution in [1.82, 2.24) is 10.2 Å².